The fourth-order valence-corrected chi connectivity index (χ4v) is 3.03. The van der Waals surface area contributed by atoms with E-state index >= 15 is 0 Å². The molecule has 152 valence electrons. The van der Waals surface area contributed by atoms with Crippen molar-refractivity contribution in [2.24, 2.45) is 7.05 Å². The monoisotopic (exact) mass is 378 g/mol. The Bertz CT molecular complexity index is 598. The van der Waals surface area contributed by atoms with E-state index < -0.39 is 0 Å². The molecule has 0 aliphatic heterocycles. The summed E-state index contributed by atoms with van der Waals surface area (Å²) in [6, 6.07) is 4.17. The Morgan fingerprint density at radius 1 is 1.33 bits per heavy atom. The lowest BCUT2D eigenvalue weighted by Gasteiger charge is -2.28. The van der Waals surface area contributed by atoms with E-state index in [2.05, 4.69) is 12.2 Å². The molecule has 7 nitrogen and oxygen atoms in total. The summed E-state index contributed by atoms with van der Waals surface area (Å²) in [6.45, 7) is 4.52. The van der Waals surface area contributed by atoms with Crippen LogP contribution in [0.4, 0.5) is 4.79 Å². The zero-order chi connectivity index (χ0) is 19.6. The number of nitrogens with one attached hydrogen (secondary N) is 1. The molecule has 0 spiro atoms. The molecule has 0 unspecified atom stereocenters. The van der Waals surface area contributed by atoms with Crippen molar-refractivity contribution in [3.8, 4) is 0 Å². The molecule has 0 saturated heterocycles. The van der Waals surface area contributed by atoms with E-state index in [-0.39, 0.29) is 18.5 Å². The first-order valence-electron chi connectivity index (χ1n) is 9.98. The van der Waals surface area contributed by atoms with Crippen molar-refractivity contribution in [1.29, 1.82) is 0 Å². The minimum Gasteiger partial charge on any atom is -0.385 e. The summed E-state index contributed by atoms with van der Waals surface area (Å²) in [5.41, 5.74) is 1.11. The molecule has 1 heterocycles. The van der Waals surface area contributed by atoms with E-state index in [1.54, 1.807) is 12.0 Å². The van der Waals surface area contributed by atoms with Crippen LogP contribution < -0.4 is 5.32 Å². The molecule has 0 aromatic carbocycles. The van der Waals surface area contributed by atoms with Crippen LogP contribution in [0.5, 0.6) is 0 Å². The number of unbranched alkanes of at least 4 members (excludes halogenated alkanes) is 1. The first kappa shape index (κ1) is 21.3. The number of nitrogens with zero attached hydrogens (tertiary/aromatic N) is 3. The maximum Gasteiger partial charge on any atom is 0.317 e. The molecule has 27 heavy (non-hydrogen) atoms. The number of rotatable bonds is 12. The van der Waals surface area contributed by atoms with E-state index in [4.69, 9.17) is 4.74 Å². The second-order valence-electron chi connectivity index (χ2n) is 7.22. The molecule has 1 saturated carbocycles. The maximum absolute atomic E-state index is 13.0. The highest BCUT2D eigenvalue weighted by Gasteiger charge is 2.34. The molecule has 1 aliphatic rings. The van der Waals surface area contributed by atoms with Crippen molar-refractivity contribution in [2.75, 3.05) is 33.4 Å². The molecule has 1 fully saturated rings. The van der Waals surface area contributed by atoms with E-state index in [0.29, 0.717) is 38.7 Å². The largest absolute Gasteiger partial charge is 0.385 e. The van der Waals surface area contributed by atoms with Gasteiger partial charge in [-0.05, 0) is 37.8 Å². The number of carbonyl (C=O) groups is 2. The number of methoxy groups -OCH3 is 1. The Hall–Kier alpha value is -2.02. The van der Waals surface area contributed by atoms with E-state index in [1.165, 1.54) is 0 Å². The van der Waals surface area contributed by atoms with Crippen molar-refractivity contribution in [1.82, 2.24) is 19.7 Å². The maximum atomic E-state index is 13.0. The molecular weight excluding hydrogens is 344 g/mol. The van der Waals surface area contributed by atoms with Crippen molar-refractivity contribution in [2.45, 2.75) is 51.6 Å². The van der Waals surface area contributed by atoms with Crippen LogP contribution in [0.15, 0.2) is 18.3 Å². The summed E-state index contributed by atoms with van der Waals surface area (Å²) in [7, 11) is 3.63. The Morgan fingerprint density at radius 2 is 2.11 bits per heavy atom. The number of aromatic nitrogens is 1. The van der Waals surface area contributed by atoms with Gasteiger partial charge in [0, 0.05) is 51.8 Å². The average molecular weight is 379 g/mol. The Labute approximate surface area is 162 Å². The van der Waals surface area contributed by atoms with Gasteiger partial charge in [-0.2, -0.15) is 0 Å². The summed E-state index contributed by atoms with van der Waals surface area (Å²) in [5.74, 6) is 0.0155. The predicted molar refractivity (Wildman–Crippen MR) is 105 cm³/mol. The van der Waals surface area contributed by atoms with Gasteiger partial charge in [0.05, 0.1) is 6.54 Å². The number of hydrogen-bond donors (Lipinski definition) is 1. The van der Waals surface area contributed by atoms with Gasteiger partial charge in [0.2, 0.25) is 5.91 Å². The summed E-state index contributed by atoms with van der Waals surface area (Å²) in [6.07, 6.45) is 6.75. The lowest BCUT2D eigenvalue weighted by molar-refractivity contribution is -0.133. The third kappa shape index (κ3) is 6.90. The number of carbonyl (C=O) groups excluding carboxylic acids is 2. The Kier molecular flexibility index (Phi) is 8.64. The van der Waals surface area contributed by atoms with Crippen LogP contribution in [-0.4, -0.2) is 65.7 Å². The normalized spacial score (nSPS) is 13.4. The number of urea groups is 1. The standard InChI is InChI=1S/C20H34N4O3/c1-4-5-11-21-20(26)23(13-7-14-27-3)16-19(25)24(17-9-10-17)15-18-8-6-12-22(18)2/h6,8,12,17H,4-5,7,9-11,13-16H2,1-3H3,(H,21,26). The van der Waals surface area contributed by atoms with Gasteiger partial charge >= 0.3 is 6.03 Å². The van der Waals surface area contributed by atoms with Crippen LogP contribution >= 0.6 is 0 Å². The van der Waals surface area contributed by atoms with E-state index in [0.717, 1.165) is 31.4 Å². The third-order valence-corrected chi connectivity index (χ3v) is 4.89. The fraction of sp³-hybridized carbons (Fsp3) is 0.700. The molecule has 1 aromatic rings. The van der Waals surface area contributed by atoms with Crippen LogP contribution in [0.3, 0.4) is 0 Å². The number of aryl methyl sites for hydroxylation is 1. The van der Waals surface area contributed by atoms with Gasteiger partial charge in [0.25, 0.3) is 0 Å². The molecule has 0 atom stereocenters. The van der Waals surface area contributed by atoms with Crippen molar-refractivity contribution >= 4 is 11.9 Å². The average Bonchev–Trinajstić information content (AvgIpc) is 3.41. The van der Waals surface area contributed by atoms with Crippen LogP contribution in [0.2, 0.25) is 0 Å². The van der Waals surface area contributed by atoms with Gasteiger partial charge in [0.15, 0.2) is 0 Å². The molecule has 7 heteroatoms. The van der Waals surface area contributed by atoms with Crippen molar-refractivity contribution in [3.05, 3.63) is 24.0 Å². The van der Waals surface area contributed by atoms with Crippen LogP contribution in [0.25, 0.3) is 0 Å². The fourth-order valence-electron chi connectivity index (χ4n) is 3.03. The zero-order valence-corrected chi connectivity index (χ0v) is 16.9. The van der Waals surface area contributed by atoms with E-state index in [1.807, 2.05) is 34.8 Å². The van der Waals surface area contributed by atoms with Crippen LogP contribution in [-0.2, 0) is 23.1 Å². The Morgan fingerprint density at radius 3 is 2.70 bits per heavy atom. The van der Waals surface area contributed by atoms with Gasteiger partial charge in [-0.1, -0.05) is 13.3 Å². The number of amides is 3. The topological polar surface area (TPSA) is 66.8 Å². The number of ether oxygens (including phenoxy) is 1. The summed E-state index contributed by atoms with van der Waals surface area (Å²) in [5, 5.41) is 2.93. The highest BCUT2D eigenvalue weighted by Crippen LogP contribution is 2.28. The lowest BCUT2D eigenvalue weighted by Crippen LogP contribution is -2.48. The van der Waals surface area contributed by atoms with Crippen molar-refractivity contribution in [3.63, 3.8) is 0 Å². The molecule has 1 aliphatic carbocycles. The molecule has 1 aromatic heterocycles. The minimum absolute atomic E-state index is 0.0155. The second-order valence-corrected chi connectivity index (χ2v) is 7.22. The molecule has 3 amide bonds. The van der Waals surface area contributed by atoms with Gasteiger partial charge in [-0.15, -0.1) is 0 Å². The highest BCUT2D eigenvalue weighted by molar-refractivity contribution is 5.84. The minimum atomic E-state index is -0.164. The molecule has 1 N–H and O–H groups in total. The molecular formula is C20H34N4O3. The summed E-state index contributed by atoms with van der Waals surface area (Å²) >= 11 is 0. The van der Waals surface area contributed by atoms with Gasteiger partial charge < -0.3 is 24.4 Å². The van der Waals surface area contributed by atoms with Gasteiger partial charge in [-0.25, -0.2) is 4.79 Å². The van der Waals surface area contributed by atoms with Gasteiger partial charge in [-0.3, -0.25) is 4.79 Å². The third-order valence-electron chi connectivity index (χ3n) is 4.89. The molecule has 0 bridgehead atoms. The summed E-state index contributed by atoms with van der Waals surface area (Å²) in [4.78, 5) is 29.1. The molecule has 0 radical (unpaired) electrons. The number of hydrogen-bond acceptors (Lipinski definition) is 3. The van der Waals surface area contributed by atoms with Gasteiger partial charge in [0.1, 0.15) is 6.54 Å². The SMILES string of the molecule is CCCCNC(=O)N(CCCOC)CC(=O)N(Cc1cccn1C)C1CC1. The quantitative estimate of drug-likeness (QED) is 0.568. The highest BCUT2D eigenvalue weighted by atomic mass is 16.5. The molecule has 2 rings (SSSR count). The zero-order valence-electron chi connectivity index (χ0n) is 16.9. The van der Waals surface area contributed by atoms with Crippen LogP contribution in [0.1, 0.15) is 44.7 Å². The smallest absolute Gasteiger partial charge is 0.317 e. The predicted octanol–water partition coefficient (Wildman–Crippen LogP) is 2.36. The van der Waals surface area contributed by atoms with E-state index in [9.17, 15) is 9.59 Å². The first-order valence-corrected chi connectivity index (χ1v) is 9.98. The van der Waals surface area contributed by atoms with Crippen molar-refractivity contribution < 1.29 is 14.3 Å². The lowest BCUT2D eigenvalue weighted by atomic mass is 10.3. The summed E-state index contributed by atoms with van der Waals surface area (Å²) < 4.78 is 7.14. The van der Waals surface area contributed by atoms with Crippen LogP contribution in [0, 0.1) is 0 Å². The first-order chi connectivity index (χ1) is 13.1. The second kappa shape index (κ2) is 11.0. The Balaban J connectivity index is 1.98.